The van der Waals surface area contributed by atoms with Gasteiger partial charge in [0, 0.05) is 10.2 Å². The molecule has 0 aliphatic carbocycles. The molecular weight excluding hydrogens is 346 g/mol. The average Bonchev–Trinajstić information content (AvgIpc) is 2.83. The van der Waals surface area contributed by atoms with Gasteiger partial charge < -0.3 is 14.8 Å². The fourth-order valence-corrected chi connectivity index (χ4v) is 3.14. The number of carbonyl (C=O) groups excluding carboxylic acids is 1. The number of nitrogens with one attached hydrogen (secondary N) is 1. The summed E-state index contributed by atoms with van der Waals surface area (Å²) in [5.74, 6) is 1.30. The summed E-state index contributed by atoms with van der Waals surface area (Å²) >= 11 is 3.46. The minimum Gasteiger partial charge on any atom is -0.497 e. The monoisotopic (exact) mass is 361 g/mol. The molecule has 0 fully saturated rings. The van der Waals surface area contributed by atoms with E-state index in [4.69, 9.17) is 9.47 Å². The lowest BCUT2D eigenvalue weighted by Gasteiger charge is -2.14. The fraction of sp³-hybridized carbons (Fsp3) is 0.235. The molecular formula is C17H16BrNO3. The first kappa shape index (κ1) is 14.9. The van der Waals surface area contributed by atoms with Gasteiger partial charge in [-0.05, 0) is 53.9 Å². The summed E-state index contributed by atoms with van der Waals surface area (Å²) in [6.45, 7) is 0. The zero-order valence-electron chi connectivity index (χ0n) is 12.4. The van der Waals surface area contributed by atoms with Crippen LogP contribution in [0.3, 0.4) is 0 Å². The molecule has 3 rings (SSSR count). The van der Waals surface area contributed by atoms with E-state index in [0.717, 1.165) is 32.8 Å². The number of ether oxygens (including phenoxy) is 2. The molecule has 22 heavy (non-hydrogen) atoms. The molecule has 5 heteroatoms. The highest BCUT2D eigenvalue weighted by Crippen LogP contribution is 2.38. The second-order valence-corrected chi connectivity index (χ2v) is 6.07. The lowest BCUT2D eigenvalue weighted by Crippen LogP contribution is -2.14. The topological polar surface area (TPSA) is 47.6 Å². The maximum absolute atomic E-state index is 12.3. The third kappa shape index (κ3) is 2.68. The zero-order chi connectivity index (χ0) is 15.7. The van der Waals surface area contributed by atoms with Gasteiger partial charge in [0.2, 0.25) is 5.91 Å². The second-order valence-electron chi connectivity index (χ2n) is 5.16. The van der Waals surface area contributed by atoms with Crippen molar-refractivity contribution in [2.75, 3.05) is 19.5 Å². The maximum Gasteiger partial charge on any atom is 0.232 e. The molecule has 0 saturated carbocycles. The number of fused-ring (bicyclic) bond motifs is 1. The van der Waals surface area contributed by atoms with Crippen molar-refractivity contribution in [3.05, 3.63) is 52.0 Å². The van der Waals surface area contributed by atoms with E-state index in [0.29, 0.717) is 6.42 Å². The molecule has 0 radical (unpaired) electrons. The Hall–Kier alpha value is -2.01. The van der Waals surface area contributed by atoms with Crippen molar-refractivity contribution in [3.8, 4) is 11.5 Å². The molecule has 1 aliphatic rings. The number of carbonyl (C=O) groups is 1. The lowest BCUT2D eigenvalue weighted by molar-refractivity contribution is -0.117. The minimum atomic E-state index is -0.228. The molecule has 1 atom stereocenters. The van der Waals surface area contributed by atoms with Crippen molar-refractivity contribution in [1.29, 1.82) is 0 Å². The summed E-state index contributed by atoms with van der Waals surface area (Å²) in [6, 6.07) is 11.5. The van der Waals surface area contributed by atoms with Gasteiger partial charge in [-0.25, -0.2) is 0 Å². The van der Waals surface area contributed by atoms with Crippen LogP contribution in [0.2, 0.25) is 0 Å². The number of rotatable bonds is 4. The summed E-state index contributed by atoms with van der Waals surface area (Å²) in [7, 11) is 3.25. The summed E-state index contributed by atoms with van der Waals surface area (Å²) in [6.07, 6.45) is 0.565. The first-order chi connectivity index (χ1) is 10.6. The quantitative estimate of drug-likeness (QED) is 0.901. The number of hydrogen-bond acceptors (Lipinski definition) is 3. The Labute approximate surface area is 137 Å². The molecule has 0 unspecified atom stereocenters. The Morgan fingerprint density at radius 3 is 2.68 bits per heavy atom. The molecule has 2 aromatic rings. The predicted octanol–water partition coefficient (Wildman–Crippen LogP) is 3.74. The van der Waals surface area contributed by atoms with E-state index in [1.165, 1.54) is 0 Å². The number of amides is 1. The highest BCUT2D eigenvalue weighted by molar-refractivity contribution is 9.10. The molecule has 1 aliphatic heterocycles. The van der Waals surface area contributed by atoms with Crippen molar-refractivity contribution in [2.24, 2.45) is 0 Å². The summed E-state index contributed by atoms with van der Waals surface area (Å²) in [4.78, 5) is 12.3. The Morgan fingerprint density at radius 1 is 1.14 bits per heavy atom. The lowest BCUT2D eigenvalue weighted by atomic mass is 9.92. The van der Waals surface area contributed by atoms with Gasteiger partial charge in [0.25, 0.3) is 0 Å². The normalized spacial score (nSPS) is 16.1. The number of anilines is 1. The molecule has 4 nitrogen and oxygen atoms in total. The van der Waals surface area contributed by atoms with Gasteiger partial charge in [-0.15, -0.1) is 0 Å². The van der Waals surface area contributed by atoms with Crippen LogP contribution in [-0.4, -0.2) is 20.1 Å². The highest BCUT2D eigenvalue weighted by atomic mass is 79.9. The van der Waals surface area contributed by atoms with Crippen molar-refractivity contribution < 1.29 is 14.3 Å². The Bertz CT molecular complexity index is 730. The number of hydrogen-bond donors (Lipinski definition) is 1. The predicted molar refractivity (Wildman–Crippen MR) is 88.8 cm³/mol. The van der Waals surface area contributed by atoms with E-state index in [2.05, 4.69) is 21.2 Å². The van der Waals surface area contributed by atoms with Crippen LogP contribution in [0.15, 0.2) is 40.9 Å². The van der Waals surface area contributed by atoms with Gasteiger partial charge in [-0.1, -0.05) is 15.9 Å². The molecule has 1 N–H and O–H groups in total. The zero-order valence-corrected chi connectivity index (χ0v) is 13.9. The highest BCUT2D eigenvalue weighted by Gasteiger charge is 2.31. The van der Waals surface area contributed by atoms with Crippen LogP contribution in [0.5, 0.6) is 11.5 Å². The summed E-state index contributed by atoms with van der Waals surface area (Å²) in [5.41, 5.74) is 2.83. The van der Waals surface area contributed by atoms with Crippen LogP contribution in [-0.2, 0) is 11.2 Å². The molecule has 1 heterocycles. The van der Waals surface area contributed by atoms with Crippen molar-refractivity contribution in [2.45, 2.75) is 12.3 Å². The second kappa shape index (κ2) is 6.01. The van der Waals surface area contributed by atoms with E-state index < -0.39 is 0 Å². The van der Waals surface area contributed by atoms with Crippen LogP contribution in [0.1, 0.15) is 17.0 Å². The van der Waals surface area contributed by atoms with E-state index in [9.17, 15) is 4.79 Å². The third-order valence-electron chi connectivity index (χ3n) is 3.87. The van der Waals surface area contributed by atoms with Crippen LogP contribution in [0, 0.1) is 0 Å². The van der Waals surface area contributed by atoms with E-state index in [-0.39, 0.29) is 11.8 Å². The first-order valence-electron chi connectivity index (χ1n) is 6.93. The van der Waals surface area contributed by atoms with Crippen LogP contribution in [0.4, 0.5) is 5.69 Å². The van der Waals surface area contributed by atoms with Crippen LogP contribution >= 0.6 is 15.9 Å². The van der Waals surface area contributed by atoms with Gasteiger partial charge in [0.15, 0.2) is 0 Å². The SMILES string of the molecule is COc1ccc(OC)c(C[C@H]2C(=O)Nc3ccc(Br)cc32)c1. The third-order valence-corrected chi connectivity index (χ3v) is 4.37. The largest absolute Gasteiger partial charge is 0.497 e. The fourth-order valence-electron chi connectivity index (χ4n) is 2.76. The van der Waals surface area contributed by atoms with Crippen LogP contribution < -0.4 is 14.8 Å². The molecule has 0 spiro atoms. The number of benzene rings is 2. The standard InChI is InChI=1S/C17H16BrNO3/c1-21-12-4-6-16(22-2)10(7-12)8-14-13-9-11(18)3-5-15(13)19-17(14)20/h3-7,9,14H,8H2,1-2H3,(H,19,20)/t14-/m1/s1. The van der Waals surface area contributed by atoms with E-state index >= 15 is 0 Å². The smallest absolute Gasteiger partial charge is 0.232 e. The Kier molecular flexibility index (Phi) is 4.07. The summed E-state index contributed by atoms with van der Waals surface area (Å²) < 4.78 is 11.6. The molecule has 0 aromatic heterocycles. The van der Waals surface area contributed by atoms with Crippen molar-refractivity contribution in [3.63, 3.8) is 0 Å². The minimum absolute atomic E-state index is 0.0120. The van der Waals surface area contributed by atoms with Gasteiger partial charge in [0.05, 0.1) is 20.1 Å². The van der Waals surface area contributed by atoms with E-state index in [1.807, 2.05) is 36.4 Å². The Morgan fingerprint density at radius 2 is 1.95 bits per heavy atom. The van der Waals surface area contributed by atoms with Gasteiger partial charge in [0.1, 0.15) is 11.5 Å². The van der Waals surface area contributed by atoms with Crippen LogP contribution in [0.25, 0.3) is 0 Å². The van der Waals surface area contributed by atoms with Gasteiger partial charge in [-0.2, -0.15) is 0 Å². The molecule has 0 bridgehead atoms. The average molecular weight is 362 g/mol. The first-order valence-corrected chi connectivity index (χ1v) is 7.73. The van der Waals surface area contributed by atoms with Gasteiger partial charge >= 0.3 is 0 Å². The van der Waals surface area contributed by atoms with Crippen molar-refractivity contribution in [1.82, 2.24) is 0 Å². The number of halogens is 1. The molecule has 114 valence electrons. The number of methoxy groups -OCH3 is 2. The summed E-state index contributed by atoms with van der Waals surface area (Å²) in [5, 5.41) is 2.93. The van der Waals surface area contributed by atoms with E-state index in [1.54, 1.807) is 14.2 Å². The molecule has 2 aromatic carbocycles. The molecule has 1 amide bonds. The van der Waals surface area contributed by atoms with Crippen molar-refractivity contribution >= 4 is 27.5 Å². The van der Waals surface area contributed by atoms with Gasteiger partial charge in [-0.3, -0.25) is 4.79 Å². The molecule has 0 saturated heterocycles. The Balaban J connectivity index is 1.97. The maximum atomic E-state index is 12.3.